The molecule has 0 aromatic carbocycles. The highest BCUT2D eigenvalue weighted by molar-refractivity contribution is 5.81. The number of carboxylic acids is 1. The first kappa shape index (κ1) is 15.6. The van der Waals surface area contributed by atoms with Gasteiger partial charge in [-0.05, 0) is 13.0 Å². The van der Waals surface area contributed by atoms with Crippen LogP contribution in [-0.4, -0.2) is 30.2 Å². The van der Waals surface area contributed by atoms with Gasteiger partial charge in [-0.1, -0.05) is 6.58 Å². The topological polar surface area (TPSA) is 116 Å². The van der Waals surface area contributed by atoms with Gasteiger partial charge in [0.05, 0.1) is 6.61 Å². The van der Waals surface area contributed by atoms with Gasteiger partial charge in [-0.3, -0.25) is 0 Å². The molecule has 0 bridgehead atoms. The summed E-state index contributed by atoms with van der Waals surface area (Å²) in [6.45, 7) is 4.17. The van der Waals surface area contributed by atoms with Gasteiger partial charge in [0, 0.05) is 18.4 Å². The Morgan fingerprint density at radius 3 is 2.33 bits per heavy atom. The smallest absolute Gasteiger partial charge is 0.330 e. The first-order valence-corrected chi connectivity index (χ1v) is 4.19. The fourth-order valence-electron chi connectivity index (χ4n) is 0.397. The molecule has 0 radical (unpaired) electrons. The quantitative estimate of drug-likeness (QED) is 0.327. The van der Waals surface area contributed by atoms with Crippen molar-refractivity contribution in [3.8, 4) is 0 Å². The van der Waals surface area contributed by atoms with Gasteiger partial charge < -0.3 is 21.3 Å². The Morgan fingerprint density at radius 2 is 2.07 bits per heavy atom. The summed E-state index contributed by atoms with van der Waals surface area (Å²) in [5.41, 5.74) is 9.81. The third-order valence-electron chi connectivity index (χ3n) is 0.998. The number of hydrogen-bond acceptors (Lipinski definition) is 5. The number of hydrogen-bond donors (Lipinski definition) is 3. The molecule has 0 unspecified atom stereocenters. The van der Waals surface area contributed by atoms with Crippen LogP contribution in [-0.2, 0) is 14.3 Å². The second-order valence-corrected chi connectivity index (χ2v) is 2.21. The number of carboxylic acid groups (broad SMARTS) is 1. The lowest BCUT2D eigenvalue weighted by atomic mass is 10.5. The van der Waals surface area contributed by atoms with E-state index < -0.39 is 5.97 Å². The Bertz CT molecular complexity index is 226. The molecular formula is C9H16N2O4. The molecule has 0 aromatic rings. The molecule has 0 saturated carbocycles. The Balaban J connectivity index is 0. The summed E-state index contributed by atoms with van der Waals surface area (Å²) in [7, 11) is 0. The molecule has 5 N–H and O–H groups in total. The number of carbonyl (C=O) groups excluding carboxylic acids is 1. The molecule has 0 spiro atoms. The van der Waals surface area contributed by atoms with Gasteiger partial charge in [0.1, 0.15) is 0 Å². The van der Waals surface area contributed by atoms with Crippen molar-refractivity contribution in [1.82, 2.24) is 0 Å². The minimum Gasteiger partial charge on any atom is -0.478 e. The van der Waals surface area contributed by atoms with Gasteiger partial charge in [0.25, 0.3) is 0 Å². The molecule has 0 aliphatic rings. The van der Waals surface area contributed by atoms with Crippen LogP contribution in [0.4, 0.5) is 0 Å². The van der Waals surface area contributed by atoms with Gasteiger partial charge in [0.15, 0.2) is 0 Å². The Kier molecular flexibility index (Phi) is 12.7. The lowest BCUT2D eigenvalue weighted by Gasteiger charge is -1.97. The second kappa shape index (κ2) is 12.2. The molecule has 6 nitrogen and oxygen atoms in total. The van der Waals surface area contributed by atoms with Crippen LogP contribution in [0.5, 0.6) is 0 Å². The molecule has 0 heterocycles. The molecular weight excluding hydrogens is 200 g/mol. The van der Waals surface area contributed by atoms with Crippen molar-refractivity contribution in [3.05, 3.63) is 24.9 Å². The largest absolute Gasteiger partial charge is 0.478 e. The van der Waals surface area contributed by atoms with Crippen molar-refractivity contribution in [3.63, 3.8) is 0 Å². The highest BCUT2D eigenvalue weighted by atomic mass is 16.5. The minimum absolute atomic E-state index is 0.386. The first-order chi connectivity index (χ1) is 7.08. The van der Waals surface area contributed by atoms with E-state index in [0.717, 1.165) is 18.4 Å². The van der Waals surface area contributed by atoms with Crippen molar-refractivity contribution >= 4 is 11.9 Å². The van der Waals surface area contributed by atoms with Crippen molar-refractivity contribution in [1.29, 1.82) is 0 Å². The van der Waals surface area contributed by atoms with Crippen LogP contribution in [0.15, 0.2) is 24.9 Å². The third kappa shape index (κ3) is 18.9. The Labute approximate surface area is 88.2 Å². The van der Waals surface area contributed by atoms with Crippen LogP contribution < -0.4 is 11.5 Å². The van der Waals surface area contributed by atoms with Gasteiger partial charge in [-0.2, -0.15) is 0 Å². The van der Waals surface area contributed by atoms with E-state index in [1.807, 2.05) is 0 Å². The predicted octanol–water partition coefficient (Wildman–Crippen LogP) is -0.392. The van der Waals surface area contributed by atoms with Crippen LogP contribution in [0.25, 0.3) is 0 Å². The molecule has 0 rings (SSSR count). The Morgan fingerprint density at radius 1 is 1.47 bits per heavy atom. The van der Waals surface area contributed by atoms with Crippen molar-refractivity contribution in [2.75, 3.05) is 13.2 Å². The SMILES string of the molecule is C=CC(=O)OCCCN.NC=CC(=O)O. The van der Waals surface area contributed by atoms with Crippen LogP contribution in [0.3, 0.4) is 0 Å². The fourth-order valence-corrected chi connectivity index (χ4v) is 0.397. The molecule has 0 aliphatic carbocycles. The Hall–Kier alpha value is -1.82. The first-order valence-electron chi connectivity index (χ1n) is 4.19. The van der Waals surface area contributed by atoms with E-state index in [4.69, 9.17) is 10.8 Å². The van der Waals surface area contributed by atoms with Crippen molar-refractivity contribution < 1.29 is 19.4 Å². The van der Waals surface area contributed by atoms with E-state index >= 15 is 0 Å². The van der Waals surface area contributed by atoms with Crippen LogP contribution in [0, 0.1) is 0 Å². The molecule has 15 heavy (non-hydrogen) atoms. The molecule has 0 amide bonds. The average Bonchev–Trinajstić information content (AvgIpc) is 2.18. The summed E-state index contributed by atoms with van der Waals surface area (Å²) in [5, 5.41) is 7.75. The summed E-state index contributed by atoms with van der Waals surface area (Å²) < 4.78 is 4.59. The zero-order valence-electron chi connectivity index (χ0n) is 8.39. The summed E-state index contributed by atoms with van der Waals surface area (Å²) >= 11 is 0. The summed E-state index contributed by atoms with van der Waals surface area (Å²) in [4.78, 5) is 19.7. The maximum absolute atomic E-state index is 10.3. The van der Waals surface area contributed by atoms with Gasteiger partial charge in [-0.25, -0.2) is 9.59 Å². The van der Waals surface area contributed by atoms with E-state index in [-0.39, 0.29) is 5.97 Å². The zero-order chi connectivity index (χ0) is 12.1. The zero-order valence-corrected chi connectivity index (χ0v) is 8.39. The van der Waals surface area contributed by atoms with Gasteiger partial charge in [-0.15, -0.1) is 0 Å². The van der Waals surface area contributed by atoms with E-state index in [0.29, 0.717) is 19.6 Å². The molecule has 0 fully saturated rings. The molecule has 0 saturated heterocycles. The summed E-state index contributed by atoms with van der Waals surface area (Å²) in [5.74, 6) is -1.40. The van der Waals surface area contributed by atoms with Gasteiger partial charge in [0.2, 0.25) is 0 Å². The summed E-state index contributed by atoms with van der Waals surface area (Å²) in [6.07, 6.45) is 3.68. The number of carbonyl (C=O) groups is 2. The minimum atomic E-state index is -1.02. The second-order valence-electron chi connectivity index (χ2n) is 2.21. The number of esters is 1. The molecule has 0 atom stereocenters. The monoisotopic (exact) mass is 216 g/mol. The number of ether oxygens (including phenoxy) is 1. The van der Waals surface area contributed by atoms with E-state index in [2.05, 4.69) is 17.0 Å². The van der Waals surface area contributed by atoms with Crippen molar-refractivity contribution in [2.24, 2.45) is 11.5 Å². The van der Waals surface area contributed by atoms with Crippen molar-refractivity contribution in [2.45, 2.75) is 6.42 Å². The molecule has 0 aromatic heterocycles. The maximum atomic E-state index is 10.3. The highest BCUT2D eigenvalue weighted by Crippen LogP contribution is 1.81. The highest BCUT2D eigenvalue weighted by Gasteiger charge is 1.91. The van der Waals surface area contributed by atoms with Crippen LogP contribution >= 0.6 is 0 Å². The average molecular weight is 216 g/mol. The lowest BCUT2D eigenvalue weighted by molar-refractivity contribution is -0.137. The predicted molar refractivity (Wildman–Crippen MR) is 55.8 cm³/mol. The van der Waals surface area contributed by atoms with Crippen LogP contribution in [0.2, 0.25) is 0 Å². The van der Waals surface area contributed by atoms with E-state index in [1.165, 1.54) is 0 Å². The van der Waals surface area contributed by atoms with E-state index in [9.17, 15) is 9.59 Å². The normalized spacial score (nSPS) is 8.87. The molecule has 0 aliphatic heterocycles. The maximum Gasteiger partial charge on any atom is 0.330 e. The summed E-state index contributed by atoms with van der Waals surface area (Å²) in [6, 6.07) is 0. The number of aliphatic carboxylic acids is 1. The fraction of sp³-hybridized carbons (Fsp3) is 0.333. The van der Waals surface area contributed by atoms with E-state index in [1.54, 1.807) is 0 Å². The molecule has 86 valence electrons. The number of rotatable bonds is 5. The lowest BCUT2D eigenvalue weighted by Crippen LogP contribution is -2.07. The third-order valence-corrected chi connectivity index (χ3v) is 0.998. The molecule has 6 heteroatoms. The van der Waals surface area contributed by atoms with Gasteiger partial charge >= 0.3 is 11.9 Å². The standard InChI is InChI=1S/C6H11NO2.C3H5NO2/c1-2-6(8)9-5-3-4-7;4-2-1-3(5)6/h2H,1,3-5,7H2;1-2H,4H2,(H,5,6). The van der Waals surface area contributed by atoms with Crippen LogP contribution in [0.1, 0.15) is 6.42 Å². The number of nitrogens with two attached hydrogens (primary N) is 2.